The predicted molar refractivity (Wildman–Crippen MR) is 92.1 cm³/mol. The Bertz CT molecular complexity index is 926. The number of carbonyl (C=O) groups excluding carboxylic acids is 1. The largest absolute Gasteiger partial charge is 0.478 e. The van der Waals surface area contributed by atoms with Gasteiger partial charge < -0.3 is 15.2 Å². The fraction of sp³-hybridized carbons (Fsp3) is 0.158. The van der Waals surface area contributed by atoms with E-state index >= 15 is 0 Å². The van der Waals surface area contributed by atoms with Crippen molar-refractivity contribution < 1.29 is 32.6 Å². The first-order valence-corrected chi connectivity index (χ1v) is 8.16. The summed E-state index contributed by atoms with van der Waals surface area (Å²) in [5, 5.41) is 15.0. The highest BCUT2D eigenvalue weighted by molar-refractivity contribution is 6.00. The Morgan fingerprint density at radius 3 is 2.43 bits per heavy atom. The van der Waals surface area contributed by atoms with Gasteiger partial charge in [-0.15, -0.1) is 0 Å². The molecule has 1 heterocycles. The van der Waals surface area contributed by atoms with Crippen LogP contribution in [0, 0.1) is 0 Å². The number of ether oxygens (including phenoxy) is 1. The Labute approximate surface area is 157 Å². The van der Waals surface area contributed by atoms with E-state index in [0.717, 1.165) is 17.7 Å². The number of nitrogens with one attached hydrogen (secondary N) is 2. The number of halogens is 3. The van der Waals surface area contributed by atoms with E-state index in [2.05, 4.69) is 10.6 Å². The molecule has 3 rings (SSSR count). The molecule has 0 amide bonds. The molecule has 1 unspecified atom stereocenters. The van der Waals surface area contributed by atoms with Crippen molar-refractivity contribution in [2.75, 3.05) is 6.54 Å². The minimum absolute atomic E-state index is 0.130. The SMILES string of the molecule is O=C(O)C1=C(C(=O)Oc2cccc(C(F)(F)F)c2)NC(c2ccccc2)NC1. The second-order valence-electron chi connectivity index (χ2n) is 5.94. The van der Waals surface area contributed by atoms with E-state index in [0.29, 0.717) is 6.07 Å². The van der Waals surface area contributed by atoms with Crippen molar-refractivity contribution in [1.82, 2.24) is 10.6 Å². The normalized spacial score (nSPS) is 17.0. The van der Waals surface area contributed by atoms with Gasteiger partial charge in [0.1, 0.15) is 17.6 Å². The lowest BCUT2D eigenvalue weighted by Crippen LogP contribution is -2.45. The van der Waals surface area contributed by atoms with Crippen LogP contribution in [-0.4, -0.2) is 23.6 Å². The first-order chi connectivity index (χ1) is 13.3. The van der Waals surface area contributed by atoms with Gasteiger partial charge in [0.2, 0.25) is 0 Å². The number of hydrogen-bond acceptors (Lipinski definition) is 5. The lowest BCUT2D eigenvalue weighted by atomic mass is 10.1. The number of hydrogen-bond donors (Lipinski definition) is 3. The second kappa shape index (κ2) is 7.73. The molecule has 0 radical (unpaired) electrons. The second-order valence-corrected chi connectivity index (χ2v) is 5.94. The molecule has 146 valence electrons. The molecule has 0 bridgehead atoms. The summed E-state index contributed by atoms with van der Waals surface area (Å²) in [4.78, 5) is 24.0. The zero-order valence-corrected chi connectivity index (χ0v) is 14.3. The van der Waals surface area contributed by atoms with Crippen LogP contribution in [0.4, 0.5) is 13.2 Å². The number of rotatable bonds is 4. The standard InChI is InChI=1S/C19H15F3N2O4/c20-19(21,22)12-7-4-8-13(9-12)28-18(27)15-14(17(25)26)10-23-16(24-15)11-5-2-1-3-6-11/h1-9,16,23-24H,10H2,(H,25,26). The molecule has 9 heteroatoms. The summed E-state index contributed by atoms with van der Waals surface area (Å²) in [5.41, 5.74) is -0.830. The van der Waals surface area contributed by atoms with Gasteiger partial charge in [0.05, 0.1) is 11.1 Å². The van der Waals surface area contributed by atoms with Crippen molar-refractivity contribution in [3.05, 3.63) is 77.0 Å². The number of carboxylic acid groups (broad SMARTS) is 1. The van der Waals surface area contributed by atoms with E-state index in [1.807, 2.05) is 0 Å². The zero-order chi connectivity index (χ0) is 20.3. The highest BCUT2D eigenvalue weighted by Gasteiger charge is 2.32. The van der Waals surface area contributed by atoms with E-state index in [-0.39, 0.29) is 23.6 Å². The Hall–Kier alpha value is -3.33. The van der Waals surface area contributed by atoms with E-state index < -0.39 is 29.8 Å². The molecule has 0 spiro atoms. The summed E-state index contributed by atoms with van der Waals surface area (Å²) in [6.07, 6.45) is -5.16. The maximum Gasteiger partial charge on any atom is 0.416 e. The summed E-state index contributed by atoms with van der Waals surface area (Å²) < 4.78 is 43.5. The van der Waals surface area contributed by atoms with Gasteiger partial charge in [0.25, 0.3) is 0 Å². The van der Waals surface area contributed by atoms with Gasteiger partial charge in [0.15, 0.2) is 0 Å². The molecule has 6 nitrogen and oxygen atoms in total. The average molecular weight is 392 g/mol. The van der Waals surface area contributed by atoms with Crippen LogP contribution in [0.3, 0.4) is 0 Å². The third kappa shape index (κ3) is 4.32. The molecule has 0 saturated carbocycles. The molecule has 2 aromatic carbocycles. The maximum atomic E-state index is 12.8. The summed E-state index contributed by atoms with van der Waals surface area (Å²) in [6, 6.07) is 12.7. The fourth-order valence-corrected chi connectivity index (χ4v) is 2.68. The van der Waals surface area contributed by atoms with Crippen LogP contribution < -0.4 is 15.4 Å². The van der Waals surface area contributed by atoms with E-state index in [1.54, 1.807) is 30.3 Å². The lowest BCUT2D eigenvalue weighted by molar-refractivity contribution is -0.138. The van der Waals surface area contributed by atoms with Gasteiger partial charge in [-0.1, -0.05) is 36.4 Å². The number of benzene rings is 2. The smallest absolute Gasteiger partial charge is 0.416 e. The number of aliphatic carboxylic acids is 1. The number of esters is 1. The molecule has 1 aliphatic heterocycles. The Balaban J connectivity index is 1.86. The molecule has 2 aromatic rings. The van der Waals surface area contributed by atoms with Crippen molar-refractivity contribution in [1.29, 1.82) is 0 Å². The molecule has 0 aromatic heterocycles. The van der Waals surface area contributed by atoms with Gasteiger partial charge in [-0.05, 0) is 23.8 Å². The molecule has 28 heavy (non-hydrogen) atoms. The number of carbonyl (C=O) groups is 2. The molecule has 0 fully saturated rings. The van der Waals surface area contributed by atoms with Crippen molar-refractivity contribution in [2.45, 2.75) is 12.3 Å². The summed E-state index contributed by atoms with van der Waals surface area (Å²) in [5.74, 6) is -2.77. The maximum absolute atomic E-state index is 12.8. The summed E-state index contributed by atoms with van der Waals surface area (Å²) >= 11 is 0. The molecule has 0 saturated heterocycles. The van der Waals surface area contributed by atoms with Crippen LogP contribution >= 0.6 is 0 Å². The van der Waals surface area contributed by atoms with Crippen LogP contribution in [0.5, 0.6) is 5.75 Å². The first-order valence-electron chi connectivity index (χ1n) is 8.16. The number of carboxylic acids is 1. The highest BCUT2D eigenvalue weighted by Crippen LogP contribution is 2.31. The molecular weight excluding hydrogens is 377 g/mol. The van der Waals surface area contributed by atoms with E-state index in [4.69, 9.17) is 4.74 Å². The van der Waals surface area contributed by atoms with Crippen LogP contribution in [0.2, 0.25) is 0 Å². The summed E-state index contributed by atoms with van der Waals surface area (Å²) in [7, 11) is 0. The van der Waals surface area contributed by atoms with Crippen LogP contribution in [0.25, 0.3) is 0 Å². The Morgan fingerprint density at radius 1 is 1.07 bits per heavy atom. The molecule has 3 N–H and O–H groups in total. The monoisotopic (exact) mass is 392 g/mol. The van der Waals surface area contributed by atoms with Crippen molar-refractivity contribution in [3.8, 4) is 5.75 Å². The van der Waals surface area contributed by atoms with Crippen LogP contribution in [-0.2, 0) is 15.8 Å². The Kier molecular flexibility index (Phi) is 5.36. The highest BCUT2D eigenvalue weighted by atomic mass is 19.4. The van der Waals surface area contributed by atoms with E-state index in [9.17, 15) is 27.9 Å². The molecule has 0 aliphatic carbocycles. The first kappa shape index (κ1) is 19.4. The van der Waals surface area contributed by atoms with Gasteiger partial charge >= 0.3 is 18.1 Å². The van der Waals surface area contributed by atoms with Gasteiger partial charge in [-0.3, -0.25) is 5.32 Å². The average Bonchev–Trinajstić information content (AvgIpc) is 2.67. The van der Waals surface area contributed by atoms with Crippen molar-refractivity contribution >= 4 is 11.9 Å². The molecule has 1 aliphatic rings. The predicted octanol–water partition coefficient (Wildman–Crippen LogP) is 2.84. The van der Waals surface area contributed by atoms with Crippen molar-refractivity contribution in [2.24, 2.45) is 0 Å². The quantitative estimate of drug-likeness (QED) is 0.548. The van der Waals surface area contributed by atoms with E-state index in [1.165, 1.54) is 6.07 Å². The lowest BCUT2D eigenvalue weighted by Gasteiger charge is -2.28. The van der Waals surface area contributed by atoms with Crippen molar-refractivity contribution in [3.63, 3.8) is 0 Å². The molecule has 1 atom stereocenters. The third-order valence-corrected chi connectivity index (χ3v) is 4.04. The number of alkyl halides is 3. The third-order valence-electron chi connectivity index (χ3n) is 4.04. The fourth-order valence-electron chi connectivity index (χ4n) is 2.68. The topological polar surface area (TPSA) is 87.7 Å². The minimum Gasteiger partial charge on any atom is -0.478 e. The minimum atomic E-state index is -4.60. The molecular formula is C19H15F3N2O4. The van der Waals surface area contributed by atoms with Gasteiger partial charge in [-0.25, -0.2) is 9.59 Å². The zero-order valence-electron chi connectivity index (χ0n) is 14.3. The van der Waals surface area contributed by atoms with Gasteiger partial charge in [0, 0.05) is 6.54 Å². The Morgan fingerprint density at radius 2 is 1.79 bits per heavy atom. The summed E-state index contributed by atoms with van der Waals surface area (Å²) in [6.45, 7) is -0.130. The van der Waals surface area contributed by atoms with Crippen LogP contribution in [0.1, 0.15) is 17.3 Å². The van der Waals surface area contributed by atoms with Crippen LogP contribution in [0.15, 0.2) is 65.9 Å². The van der Waals surface area contributed by atoms with Gasteiger partial charge in [-0.2, -0.15) is 13.2 Å².